The van der Waals surface area contributed by atoms with E-state index >= 15 is 0 Å². The highest BCUT2D eigenvalue weighted by Gasteiger charge is 2.36. The summed E-state index contributed by atoms with van der Waals surface area (Å²) in [7, 11) is 0. The summed E-state index contributed by atoms with van der Waals surface area (Å²) < 4.78 is 0. The van der Waals surface area contributed by atoms with E-state index in [0.717, 1.165) is 44.6 Å². The summed E-state index contributed by atoms with van der Waals surface area (Å²) in [4.78, 5) is 17.6. The summed E-state index contributed by atoms with van der Waals surface area (Å²) in [6, 6.07) is 18.2. The number of nitrogens with zero attached hydrogens (tertiary/aromatic N) is 2. The van der Waals surface area contributed by atoms with Gasteiger partial charge in [0.15, 0.2) is 0 Å². The fourth-order valence-corrected chi connectivity index (χ4v) is 4.51. The summed E-state index contributed by atoms with van der Waals surface area (Å²) in [5.41, 5.74) is 2.45. The Morgan fingerprint density at radius 1 is 0.926 bits per heavy atom. The first-order chi connectivity index (χ1) is 13.2. The second-order valence-corrected chi connectivity index (χ2v) is 7.99. The number of phenolic OH excluding ortho intramolecular Hbond substituents is 1. The molecular formula is C23H28N2O2. The fraction of sp³-hybridized carbons (Fsp3) is 0.435. The number of rotatable bonds is 5. The number of carbonyl (C=O) groups excluding carboxylic acids is 1. The van der Waals surface area contributed by atoms with E-state index in [0.29, 0.717) is 18.4 Å². The van der Waals surface area contributed by atoms with Gasteiger partial charge in [-0.05, 0) is 48.4 Å². The number of phenols is 1. The number of aryl methyl sites for hydroxylation is 1. The van der Waals surface area contributed by atoms with Crippen LogP contribution in [0.25, 0.3) is 0 Å². The lowest BCUT2D eigenvalue weighted by molar-refractivity contribution is -0.135. The van der Waals surface area contributed by atoms with Crippen LogP contribution in [0, 0.1) is 5.92 Å². The maximum absolute atomic E-state index is 12.9. The molecule has 0 spiro atoms. The third-order valence-corrected chi connectivity index (χ3v) is 5.92. The van der Waals surface area contributed by atoms with Crippen LogP contribution < -0.4 is 0 Å². The SMILES string of the molecule is O=C(CCc1ccc(O)cc1)N1C[C@@H]2CC[C@H]1CN(Cc1ccccc1)C2. The lowest BCUT2D eigenvalue weighted by atomic mass is 9.94. The molecule has 4 nitrogen and oxygen atoms in total. The minimum atomic E-state index is 0.272. The largest absolute Gasteiger partial charge is 0.508 e. The molecule has 2 atom stereocenters. The predicted octanol–water partition coefficient (Wildman–Crippen LogP) is 3.45. The van der Waals surface area contributed by atoms with Crippen LogP contribution >= 0.6 is 0 Å². The van der Waals surface area contributed by atoms with Gasteiger partial charge in [-0.1, -0.05) is 42.5 Å². The Balaban J connectivity index is 1.36. The van der Waals surface area contributed by atoms with E-state index in [4.69, 9.17) is 0 Å². The number of fused-ring (bicyclic) bond motifs is 4. The summed E-state index contributed by atoms with van der Waals surface area (Å²) in [5.74, 6) is 1.14. The molecule has 0 aromatic heterocycles. The van der Waals surface area contributed by atoms with E-state index < -0.39 is 0 Å². The summed E-state index contributed by atoms with van der Waals surface area (Å²) in [5, 5.41) is 9.39. The van der Waals surface area contributed by atoms with E-state index in [-0.39, 0.29) is 11.7 Å². The number of aromatic hydroxyl groups is 1. The molecule has 3 aliphatic rings. The van der Waals surface area contributed by atoms with Crippen molar-refractivity contribution >= 4 is 5.91 Å². The molecule has 2 bridgehead atoms. The van der Waals surface area contributed by atoms with Crippen molar-refractivity contribution in [2.45, 2.75) is 38.3 Å². The van der Waals surface area contributed by atoms with Crippen LogP contribution in [0.2, 0.25) is 0 Å². The molecule has 0 radical (unpaired) electrons. The fourth-order valence-electron chi connectivity index (χ4n) is 4.51. The van der Waals surface area contributed by atoms with E-state index in [1.165, 1.54) is 12.0 Å². The van der Waals surface area contributed by atoms with Gasteiger partial charge in [0.2, 0.25) is 5.91 Å². The van der Waals surface area contributed by atoms with E-state index in [9.17, 15) is 9.90 Å². The Hall–Kier alpha value is -2.33. The normalized spacial score (nSPS) is 22.6. The van der Waals surface area contributed by atoms with Gasteiger partial charge in [-0.3, -0.25) is 9.69 Å². The number of piperidine rings is 1. The Bertz CT molecular complexity index is 760. The molecule has 5 rings (SSSR count). The topological polar surface area (TPSA) is 43.8 Å². The molecule has 2 aromatic rings. The van der Waals surface area contributed by atoms with Gasteiger partial charge in [0, 0.05) is 38.6 Å². The van der Waals surface area contributed by atoms with Crippen LogP contribution in [0.15, 0.2) is 54.6 Å². The van der Waals surface area contributed by atoms with Crippen LogP contribution in [-0.2, 0) is 17.8 Å². The van der Waals surface area contributed by atoms with Crippen LogP contribution in [0.3, 0.4) is 0 Å². The monoisotopic (exact) mass is 364 g/mol. The Morgan fingerprint density at radius 3 is 2.48 bits per heavy atom. The highest BCUT2D eigenvalue weighted by atomic mass is 16.3. The van der Waals surface area contributed by atoms with Crippen LogP contribution in [-0.4, -0.2) is 46.5 Å². The average Bonchev–Trinajstić information content (AvgIpc) is 2.99. The molecule has 0 saturated carbocycles. The van der Waals surface area contributed by atoms with Crippen molar-refractivity contribution in [3.63, 3.8) is 0 Å². The van der Waals surface area contributed by atoms with Crippen molar-refractivity contribution in [3.8, 4) is 5.75 Å². The summed E-state index contributed by atoms with van der Waals surface area (Å²) in [6.07, 6.45) is 3.64. The van der Waals surface area contributed by atoms with Gasteiger partial charge in [-0.25, -0.2) is 0 Å². The third-order valence-electron chi connectivity index (χ3n) is 5.92. The van der Waals surface area contributed by atoms with Crippen molar-refractivity contribution in [2.24, 2.45) is 5.92 Å². The molecular weight excluding hydrogens is 336 g/mol. The van der Waals surface area contributed by atoms with Crippen LogP contribution in [0.4, 0.5) is 0 Å². The van der Waals surface area contributed by atoms with Crippen molar-refractivity contribution in [2.75, 3.05) is 19.6 Å². The maximum Gasteiger partial charge on any atom is 0.223 e. The lowest BCUT2D eigenvalue weighted by Crippen LogP contribution is -2.47. The second-order valence-electron chi connectivity index (χ2n) is 7.99. The molecule has 3 fully saturated rings. The Kier molecular flexibility index (Phi) is 5.44. The van der Waals surface area contributed by atoms with Gasteiger partial charge < -0.3 is 10.0 Å². The van der Waals surface area contributed by atoms with E-state index in [1.54, 1.807) is 12.1 Å². The highest BCUT2D eigenvalue weighted by molar-refractivity contribution is 5.77. The Labute approximate surface area is 161 Å². The molecule has 4 heteroatoms. The van der Waals surface area contributed by atoms with Gasteiger partial charge in [0.05, 0.1) is 0 Å². The predicted molar refractivity (Wildman–Crippen MR) is 106 cm³/mol. The van der Waals surface area contributed by atoms with E-state index in [1.807, 2.05) is 12.1 Å². The first-order valence-electron chi connectivity index (χ1n) is 10.0. The Morgan fingerprint density at radius 2 is 1.70 bits per heavy atom. The number of benzene rings is 2. The first kappa shape index (κ1) is 18.1. The molecule has 1 N–H and O–H groups in total. The molecule has 3 aliphatic heterocycles. The standard InChI is InChI=1S/C23H28N2O2/c26-22-11-7-18(8-12-22)9-13-23(27)25-16-20-6-10-21(25)17-24(15-20)14-19-4-2-1-3-5-19/h1-5,7-8,11-12,20-21,26H,6,9-10,13-17H2/t20-,21+/m1/s1. The van der Waals surface area contributed by atoms with Crippen molar-refractivity contribution in [1.29, 1.82) is 0 Å². The van der Waals surface area contributed by atoms with Crippen LogP contribution in [0.1, 0.15) is 30.4 Å². The van der Waals surface area contributed by atoms with Crippen molar-refractivity contribution in [1.82, 2.24) is 9.80 Å². The molecule has 0 aliphatic carbocycles. The average molecular weight is 364 g/mol. The minimum Gasteiger partial charge on any atom is -0.508 e. The van der Waals surface area contributed by atoms with Crippen LogP contribution in [0.5, 0.6) is 5.75 Å². The zero-order valence-electron chi connectivity index (χ0n) is 15.8. The molecule has 3 saturated heterocycles. The van der Waals surface area contributed by atoms with Gasteiger partial charge in [0.1, 0.15) is 5.75 Å². The van der Waals surface area contributed by atoms with Gasteiger partial charge in [0.25, 0.3) is 0 Å². The molecule has 0 unspecified atom stereocenters. The molecule has 27 heavy (non-hydrogen) atoms. The number of amides is 1. The second kappa shape index (κ2) is 8.13. The summed E-state index contributed by atoms with van der Waals surface area (Å²) >= 11 is 0. The molecule has 142 valence electrons. The highest BCUT2D eigenvalue weighted by Crippen LogP contribution is 2.29. The quantitative estimate of drug-likeness (QED) is 0.884. The maximum atomic E-state index is 12.9. The van der Waals surface area contributed by atoms with Crippen molar-refractivity contribution < 1.29 is 9.90 Å². The lowest BCUT2D eigenvalue weighted by Gasteiger charge is -2.36. The number of carbonyl (C=O) groups is 1. The number of hydrogen-bond donors (Lipinski definition) is 1. The number of hydrogen-bond acceptors (Lipinski definition) is 3. The van der Waals surface area contributed by atoms with Gasteiger partial charge in [-0.2, -0.15) is 0 Å². The third kappa shape index (κ3) is 4.51. The van der Waals surface area contributed by atoms with Gasteiger partial charge in [-0.15, -0.1) is 0 Å². The molecule has 2 aromatic carbocycles. The van der Waals surface area contributed by atoms with E-state index in [2.05, 4.69) is 40.1 Å². The summed E-state index contributed by atoms with van der Waals surface area (Å²) in [6.45, 7) is 3.96. The zero-order chi connectivity index (χ0) is 18.6. The zero-order valence-corrected chi connectivity index (χ0v) is 15.8. The van der Waals surface area contributed by atoms with Gasteiger partial charge >= 0.3 is 0 Å². The molecule has 1 amide bonds. The minimum absolute atomic E-state index is 0.272. The van der Waals surface area contributed by atoms with Crippen molar-refractivity contribution in [3.05, 3.63) is 65.7 Å². The molecule has 3 heterocycles. The first-order valence-corrected chi connectivity index (χ1v) is 10.0. The smallest absolute Gasteiger partial charge is 0.223 e.